The number of hydrogen-bond donors (Lipinski definition) is 6. The maximum absolute atomic E-state index is 14.2. The maximum Gasteiger partial charge on any atom is 0.255 e. The number of aliphatic hydroxyl groups is 3. The molecule has 4 rings (SSSR count). The SMILES string of the molecule is CN(C)c1ccc(O)c2c1C[C@@]1(CNS(C)(=O)=O)C[C@H]3[C@H](N(C)C)C(=O)C(C(N)=O)=C(O)[C@@]3(O)C(=O)C1=C2O. The molecule has 1 fully saturated rings. The number of fused-ring (bicyclic) bond motifs is 3. The Balaban J connectivity index is 2.10. The van der Waals surface area contributed by atoms with Gasteiger partial charge < -0.3 is 31.1 Å². The van der Waals surface area contributed by atoms with Crippen LogP contribution in [0.4, 0.5) is 5.69 Å². The average Bonchev–Trinajstić information content (AvgIpc) is 2.79. The molecule has 212 valence electrons. The van der Waals surface area contributed by atoms with Crippen LogP contribution in [0.1, 0.15) is 17.5 Å². The largest absolute Gasteiger partial charge is 0.508 e. The summed E-state index contributed by atoms with van der Waals surface area (Å²) in [5, 5.41) is 45.1. The highest BCUT2D eigenvalue weighted by atomic mass is 32.2. The van der Waals surface area contributed by atoms with E-state index in [4.69, 9.17) is 5.73 Å². The second-order valence-corrected chi connectivity index (χ2v) is 12.7. The quantitative estimate of drug-likeness (QED) is 0.230. The summed E-state index contributed by atoms with van der Waals surface area (Å²) in [6, 6.07) is 1.61. The zero-order chi connectivity index (χ0) is 29.4. The van der Waals surface area contributed by atoms with E-state index in [-0.39, 0.29) is 24.2 Å². The van der Waals surface area contributed by atoms with E-state index in [0.717, 1.165) is 6.26 Å². The summed E-state index contributed by atoms with van der Waals surface area (Å²) in [7, 11) is 2.59. The van der Waals surface area contributed by atoms with Crippen molar-refractivity contribution in [2.45, 2.75) is 24.5 Å². The molecule has 7 N–H and O–H groups in total. The monoisotopic (exact) mass is 564 g/mol. The third-order valence-electron chi connectivity index (χ3n) is 7.96. The lowest BCUT2D eigenvalue weighted by molar-refractivity contribution is -0.157. The first kappa shape index (κ1) is 28.5. The zero-order valence-corrected chi connectivity index (χ0v) is 23.0. The van der Waals surface area contributed by atoms with Gasteiger partial charge in [0.05, 0.1) is 17.9 Å². The number of nitrogens with zero attached hydrogens (tertiary/aromatic N) is 2. The number of likely N-dealkylation sites (N-methyl/N-ethyl adjacent to an activating group) is 1. The van der Waals surface area contributed by atoms with E-state index >= 15 is 0 Å². The molecule has 3 aliphatic carbocycles. The van der Waals surface area contributed by atoms with Crippen LogP contribution in [0.15, 0.2) is 29.0 Å². The molecule has 14 heteroatoms. The maximum atomic E-state index is 14.2. The van der Waals surface area contributed by atoms with E-state index in [1.165, 1.54) is 25.1 Å². The summed E-state index contributed by atoms with van der Waals surface area (Å²) in [5.41, 5.74) is 0.498. The third-order valence-corrected chi connectivity index (χ3v) is 8.63. The molecule has 3 aliphatic rings. The zero-order valence-electron chi connectivity index (χ0n) is 22.1. The Hall–Kier alpha value is -3.46. The van der Waals surface area contributed by atoms with E-state index in [9.17, 15) is 43.2 Å². The minimum Gasteiger partial charge on any atom is -0.508 e. The number of hydrogen-bond acceptors (Lipinski definition) is 11. The smallest absolute Gasteiger partial charge is 0.255 e. The second kappa shape index (κ2) is 9.05. The van der Waals surface area contributed by atoms with Crippen LogP contribution in [0.2, 0.25) is 0 Å². The number of nitrogens with two attached hydrogens (primary N) is 1. The van der Waals surface area contributed by atoms with Gasteiger partial charge in [-0.1, -0.05) is 0 Å². The number of amides is 1. The van der Waals surface area contributed by atoms with Crippen molar-refractivity contribution < 1.29 is 43.2 Å². The predicted octanol–water partition coefficient (Wildman–Crippen LogP) is -1.05. The predicted molar refractivity (Wildman–Crippen MR) is 140 cm³/mol. The molecule has 0 saturated heterocycles. The molecule has 0 spiro atoms. The molecule has 0 bridgehead atoms. The van der Waals surface area contributed by atoms with Crippen molar-refractivity contribution in [3.8, 4) is 5.75 Å². The summed E-state index contributed by atoms with van der Waals surface area (Å²) in [6.07, 6.45) is 0.567. The van der Waals surface area contributed by atoms with Gasteiger partial charge in [-0.05, 0) is 44.6 Å². The van der Waals surface area contributed by atoms with E-state index < -0.39 is 79.7 Å². The van der Waals surface area contributed by atoms with E-state index in [1.54, 1.807) is 25.1 Å². The molecule has 0 unspecified atom stereocenters. The minimum absolute atomic E-state index is 0.0774. The van der Waals surface area contributed by atoms with Crippen molar-refractivity contribution in [3.63, 3.8) is 0 Å². The van der Waals surface area contributed by atoms with Crippen molar-refractivity contribution in [3.05, 3.63) is 40.2 Å². The van der Waals surface area contributed by atoms with Crippen LogP contribution in [-0.4, -0.2) is 104 Å². The van der Waals surface area contributed by atoms with Gasteiger partial charge in [-0.25, -0.2) is 13.1 Å². The van der Waals surface area contributed by atoms with Crippen molar-refractivity contribution in [2.75, 3.05) is 45.9 Å². The molecule has 1 aromatic carbocycles. The van der Waals surface area contributed by atoms with Gasteiger partial charge in [-0.2, -0.15) is 0 Å². The van der Waals surface area contributed by atoms with Gasteiger partial charge in [0.2, 0.25) is 15.8 Å². The summed E-state index contributed by atoms with van der Waals surface area (Å²) in [5.74, 6) is -7.16. The number of ketones is 2. The Bertz CT molecular complexity index is 1480. The number of nitrogens with one attached hydrogen (secondary N) is 1. The van der Waals surface area contributed by atoms with Crippen LogP contribution < -0.4 is 15.4 Å². The van der Waals surface area contributed by atoms with Crippen molar-refractivity contribution >= 4 is 38.9 Å². The highest BCUT2D eigenvalue weighted by molar-refractivity contribution is 7.88. The third kappa shape index (κ3) is 4.09. The fourth-order valence-corrected chi connectivity index (χ4v) is 6.86. The minimum atomic E-state index is -3.83. The first-order valence-electron chi connectivity index (χ1n) is 12.0. The molecule has 0 heterocycles. The van der Waals surface area contributed by atoms with Crippen LogP contribution in [0.25, 0.3) is 5.76 Å². The Morgan fingerprint density at radius 3 is 2.28 bits per heavy atom. The van der Waals surface area contributed by atoms with Gasteiger partial charge in [-0.3, -0.25) is 19.3 Å². The number of aromatic hydroxyl groups is 1. The fourth-order valence-electron chi connectivity index (χ4n) is 6.33. The topological polar surface area (TPSA) is 211 Å². The Morgan fingerprint density at radius 1 is 1.15 bits per heavy atom. The number of carbonyl (C=O) groups is 3. The van der Waals surface area contributed by atoms with Gasteiger partial charge in [0.25, 0.3) is 5.91 Å². The number of phenols is 1. The molecule has 0 aromatic heterocycles. The number of Topliss-reactive ketones (excluding diaryl/α,β-unsaturated/α-hetero) is 2. The molecule has 13 nitrogen and oxygen atoms in total. The molecule has 4 atom stereocenters. The summed E-state index contributed by atoms with van der Waals surface area (Å²) < 4.78 is 26.8. The molecule has 39 heavy (non-hydrogen) atoms. The number of carbonyl (C=O) groups excluding carboxylic acids is 3. The first-order chi connectivity index (χ1) is 17.9. The van der Waals surface area contributed by atoms with Crippen molar-refractivity contribution in [2.24, 2.45) is 17.1 Å². The average molecular weight is 565 g/mol. The molecule has 0 radical (unpaired) electrons. The standard InChI is InChI=1S/C25H32N4O9S/c1-28(2)13-6-7-14(30)15-11(13)8-24(10-27-39(5,37)38)9-12-18(29(3)4)20(32)16(23(26)35)21(33)25(12,36)22(34)17(24)19(15)31/h6-7,12,18,27,30-31,33,36H,8-10H2,1-5H3,(H2,26,35)/t12-,18-,24-,25+/m0/s1. The molecular formula is C25H32N4O9S. The fraction of sp³-hybridized carbons (Fsp3) is 0.480. The lowest BCUT2D eigenvalue weighted by Crippen LogP contribution is -2.68. The van der Waals surface area contributed by atoms with Crippen LogP contribution in [0.3, 0.4) is 0 Å². The van der Waals surface area contributed by atoms with E-state index in [1.807, 2.05) is 0 Å². The number of phenolic OH excluding ortho intramolecular Hbond substituents is 1. The van der Waals surface area contributed by atoms with E-state index in [2.05, 4.69) is 4.72 Å². The number of primary amides is 1. The first-order valence-corrected chi connectivity index (χ1v) is 13.9. The van der Waals surface area contributed by atoms with Crippen LogP contribution in [0.5, 0.6) is 5.75 Å². The van der Waals surface area contributed by atoms with Crippen molar-refractivity contribution in [1.82, 2.24) is 9.62 Å². The van der Waals surface area contributed by atoms with Crippen LogP contribution >= 0.6 is 0 Å². The number of benzene rings is 1. The molecule has 0 aliphatic heterocycles. The molecule has 1 saturated carbocycles. The summed E-state index contributed by atoms with van der Waals surface area (Å²) in [4.78, 5) is 42.9. The lowest BCUT2D eigenvalue weighted by Gasteiger charge is -2.55. The summed E-state index contributed by atoms with van der Waals surface area (Å²) >= 11 is 0. The van der Waals surface area contributed by atoms with E-state index in [0.29, 0.717) is 11.3 Å². The van der Waals surface area contributed by atoms with Gasteiger partial charge in [-0.15, -0.1) is 0 Å². The highest BCUT2D eigenvalue weighted by Crippen LogP contribution is 2.58. The van der Waals surface area contributed by atoms with Gasteiger partial charge in [0.15, 0.2) is 11.4 Å². The van der Waals surface area contributed by atoms with Gasteiger partial charge in [0.1, 0.15) is 22.8 Å². The van der Waals surface area contributed by atoms with Crippen molar-refractivity contribution in [1.29, 1.82) is 0 Å². The second-order valence-electron chi connectivity index (χ2n) is 10.9. The van der Waals surface area contributed by atoms with Gasteiger partial charge in [0, 0.05) is 43.2 Å². The normalized spacial score (nSPS) is 28.8. The number of anilines is 1. The summed E-state index contributed by atoms with van der Waals surface area (Å²) in [6.45, 7) is -0.410. The number of rotatable bonds is 6. The lowest BCUT2D eigenvalue weighted by atomic mass is 9.51. The van der Waals surface area contributed by atoms with Gasteiger partial charge >= 0.3 is 0 Å². The number of sulfonamides is 1. The van der Waals surface area contributed by atoms with Crippen LogP contribution in [-0.2, 0) is 30.8 Å². The van der Waals surface area contributed by atoms with Crippen LogP contribution in [0, 0.1) is 11.3 Å². The Labute approximate surface area is 225 Å². The molecule has 1 aromatic rings. The number of aliphatic hydroxyl groups excluding tert-OH is 2. The molecular weight excluding hydrogens is 532 g/mol. The highest BCUT2D eigenvalue weighted by Gasteiger charge is 2.67. The Morgan fingerprint density at radius 2 is 1.77 bits per heavy atom. The Kier molecular flexibility index (Phi) is 6.62. The molecule has 1 amide bonds.